The lowest BCUT2D eigenvalue weighted by atomic mass is 9.74. The first kappa shape index (κ1) is 12.4. The van der Waals surface area contributed by atoms with Crippen LogP contribution in [0.5, 0.6) is 0 Å². The highest BCUT2D eigenvalue weighted by Crippen LogP contribution is 2.43. The molecule has 0 bridgehead atoms. The highest BCUT2D eigenvalue weighted by atomic mass is 32.2. The number of benzene rings is 1. The molecule has 1 saturated carbocycles. The van der Waals surface area contributed by atoms with Gasteiger partial charge in [-0.05, 0) is 50.5 Å². The van der Waals surface area contributed by atoms with Crippen LogP contribution in [0, 0.1) is 0 Å². The van der Waals surface area contributed by atoms with E-state index >= 15 is 0 Å². The topological polar surface area (TPSA) is 21.3 Å². The van der Waals surface area contributed by atoms with Crippen molar-refractivity contribution in [1.29, 1.82) is 0 Å². The van der Waals surface area contributed by atoms with E-state index in [9.17, 15) is 0 Å². The molecule has 1 heterocycles. The Bertz CT molecular complexity index is 417. The third-order valence-corrected chi connectivity index (χ3v) is 5.02. The Morgan fingerprint density at radius 3 is 2.89 bits per heavy atom. The molecule has 0 aromatic heterocycles. The highest BCUT2D eigenvalue weighted by molar-refractivity contribution is 7.98. The largest absolute Gasteiger partial charge is 0.381 e. The number of thioether (sulfide) groups is 1. The summed E-state index contributed by atoms with van der Waals surface area (Å²) in [5.74, 6) is 0. The molecule has 2 aliphatic rings. The van der Waals surface area contributed by atoms with E-state index in [4.69, 9.17) is 4.74 Å². The summed E-state index contributed by atoms with van der Waals surface area (Å²) in [5, 5.41) is 3.72. The quantitative estimate of drug-likeness (QED) is 0.835. The van der Waals surface area contributed by atoms with Crippen molar-refractivity contribution in [2.45, 2.75) is 48.6 Å². The predicted molar refractivity (Wildman–Crippen MR) is 77.4 cm³/mol. The molecule has 2 nitrogen and oxygen atoms in total. The van der Waals surface area contributed by atoms with Crippen LogP contribution in [-0.4, -0.2) is 24.5 Å². The number of hydrogen-bond donors (Lipinski definition) is 1. The molecule has 1 aromatic carbocycles. The van der Waals surface area contributed by atoms with Crippen molar-refractivity contribution in [1.82, 2.24) is 0 Å². The van der Waals surface area contributed by atoms with Crippen LogP contribution in [0.4, 0.5) is 5.69 Å². The maximum atomic E-state index is 5.98. The SMILES string of the molecule is CSc1ccccc1NC1CCOC2(CCC2)C1. The highest BCUT2D eigenvalue weighted by Gasteiger charge is 2.42. The Morgan fingerprint density at radius 2 is 2.17 bits per heavy atom. The molecule has 1 atom stereocenters. The van der Waals surface area contributed by atoms with Gasteiger partial charge in [0.25, 0.3) is 0 Å². The summed E-state index contributed by atoms with van der Waals surface area (Å²) in [6, 6.07) is 9.17. The molecule has 3 heteroatoms. The van der Waals surface area contributed by atoms with Crippen LogP contribution in [0.1, 0.15) is 32.1 Å². The van der Waals surface area contributed by atoms with Gasteiger partial charge in [0, 0.05) is 23.2 Å². The van der Waals surface area contributed by atoms with Gasteiger partial charge in [0.05, 0.1) is 5.60 Å². The fraction of sp³-hybridized carbons (Fsp3) is 0.600. The molecule has 0 radical (unpaired) electrons. The van der Waals surface area contributed by atoms with Crippen LogP contribution < -0.4 is 5.32 Å². The molecule has 1 N–H and O–H groups in total. The lowest BCUT2D eigenvalue weighted by Gasteiger charge is -2.47. The Labute approximate surface area is 113 Å². The Hall–Kier alpha value is -0.670. The lowest BCUT2D eigenvalue weighted by Crippen LogP contribution is -2.49. The molecule has 1 saturated heterocycles. The maximum absolute atomic E-state index is 5.98. The van der Waals surface area contributed by atoms with Gasteiger partial charge in [0.2, 0.25) is 0 Å². The van der Waals surface area contributed by atoms with Gasteiger partial charge < -0.3 is 10.1 Å². The number of hydrogen-bond acceptors (Lipinski definition) is 3. The Morgan fingerprint density at radius 1 is 1.33 bits per heavy atom. The minimum Gasteiger partial charge on any atom is -0.381 e. The molecule has 3 rings (SSSR count). The minimum absolute atomic E-state index is 0.226. The predicted octanol–water partition coefficient (Wildman–Crippen LogP) is 3.92. The summed E-state index contributed by atoms with van der Waals surface area (Å²) in [4.78, 5) is 1.34. The van der Waals surface area contributed by atoms with Crippen molar-refractivity contribution in [2.75, 3.05) is 18.2 Å². The normalized spacial score (nSPS) is 25.7. The van der Waals surface area contributed by atoms with E-state index in [2.05, 4.69) is 35.8 Å². The molecule has 2 fully saturated rings. The number of para-hydroxylation sites is 1. The Kier molecular flexibility index (Phi) is 3.53. The second kappa shape index (κ2) is 5.14. The van der Waals surface area contributed by atoms with E-state index in [1.165, 1.54) is 36.3 Å². The molecule has 1 aromatic rings. The maximum Gasteiger partial charge on any atom is 0.0702 e. The van der Waals surface area contributed by atoms with Crippen molar-refractivity contribution in [3.05, 3.63) is 24.3 Å². The number of rotatable bonds is 3. The molecule has 1 aliphatic heterocycles. The lowest BCUT2D eigenvalue weighted by molar-refractivity contribution is -0.130. The summed E-state index contributed by atoms with van der Waals surface area (Å²) >= 11 is 1.81. The monoisotopic (exact) mass is 263 g/mol. The minimum atomic E-state index is 0.226. The summed E-state index contributed by atoms with van der Waals surface area (Å²) < 4.78 is 5.98. The zero-order chi connectivity index (χ0) is 12.4. The van der Waals surface area contributed by atoms with E-state index in [1.807, 2.05) is 11.8 Å². The molecule has 1 aliphatic carbocycles. The van der Waals surface area contributed by atoms with Crippen molar-refractivity contribution in [3.63, 3.8) is 0 Å². The van der Waals surface area contributed by atoms with E-state index in [0.717, 1.165) is 13.0 Å². The average Bonchev–Trinajstić information content (AvgIpc) is 2.38. The standard InChI is InChI=1S/C15H21NOS/c1-18-14-6-3-2-5-13(14)16-12-7-10-17-15(11-12)8-4-9-15/h2-3,5-6,12,16H,4,7-11H2,1H3. The molecule has 98 valence electrons. The molecule has 1 unspecified atom stereocenters. The zero-order valence-corrected chi connectivity index (χ0v) is 11.8. The number of nitrogens with one attached hydrogen (secondary N) is 1. The zero-order valence-electron chi connectivity index (χ0n) is 10.9. The van der Waals surface area contributed by atoms with Crippen molar-refractivity contribution in [2.24, 2.45) is 0 Å². The van der Waals surface area contributed by atoms with Crippen LogP contribution in [-0.2, 0) is 4.74 Å². The first-order valence-electron chi connectivity index (χ1n) is 6.85. The van der Waals surface area contributed by atoms with Crippen LogP contribution >= 0.6 is 11.8 Å². The van der Waals surface area contributed by atoms with Crippen LogP contribution in [0.15, 0.2) is 29.2 Å². The average molecular weight is 263 g/mol. The second-order valence-electron chi connectivity index (χ2n) is 5.42. The van der Waals surface area contributed by atoms with Crippen LogP contribution in [0.2, 0.25) is 0 Å². The molecule has 18 heavy (non-hydrogen) atoms. The van der Waals surface area contributed by atoms with E-state index < -0.39 is 0 Å². The van der Waals surface area contributed by atoms with Gasteiger partial charge in [-0.3, -0.25) is 0 Å². The van der Waals surface area contributed by atoms with Crippen LogP contribution in [0.3, 0.4) is 0 Å². The summed E-state index contributed by atoms with van der Waals surface area (Å²) in [6.45, 7) is 0.916. The van der Waals surface area contributed by atoms with E-state index in [0.29, 0.717) is 6.04 Å². The van der Waals surface area contributed by atoms with Gasteiger partial charge in [0.15, 0.2) is 0 Å². The summed E-state index contributed by atoms with van der Waals surface area (Å²) in [6.07, 6.45) is 8.30. The van der Waals surface area contributed by atoms with E-state index in [1.54, 1.807) is 0 Å². The van der Waals surface area contributed by atoms with Crippen LogP contribution in [0.25, 0.3) is 0 Å². The van der Waals surface area contributed by atoms with Gasteiger partial charge >= 0.3 is 0 Å². The van der Waals surface area contributed by atoms with Gasteiger partial charge in [-0.1, -0.05) is 12.1 Å². The number of anilines is 1. The first-order valence-corrected chi connectivity index (χ1v) is 8.07. The third kappa shape index (κ3) is 2.39. The third-order valence-electron chi connectivity index (χ3n) is 4.22. The Balaban J connectivity index is 1.68. The smallest absolute Gasteiger partial charge is 0.0702 e. The fourth-order valence-electron chi connectivity index (χ4n) is 3.05. The van der Waals surface area contributed by atoms with Crippen molar-refractivity contribution >= 4 is 17.4 Å². The summed E-state index contributed by atoms with van der Waals surface area (Å²) in [5.41, 5.74) is 1.51. The molecule has 1 spiro atoms. The first-order chi connectivity index (χ1) is 8.81. The van der Waals surface area contributed by atoms with Crippen molar-refractivity contribution in [3.8, 4) is 0 Å². The number of ether oxygens (including phenoxy) is 1. The van der Waals surface area contributed by atoms with Crippen molar-refractivity contribution < 1.29 is 4.74 Å². The van der Waals surface area contributed by atoms with Gasteiger partial charge in [-0.2, -0.15) is 0 Å². The second-order valence-corrected chi connectivity index (χ2v) is 6.27. The molecule has 0 amide bonds. The van der Waals surface area contributed by atoms with E-state index in [-0.39, 0.29) is 5.60 Å². The summed E-state index contributed by atoms with van der Waals surface area (Å²) in [7, 11) is 0. The fourth-order valence-corrected chi connectivity index (χ4v) is 3.62. The molecular weight excluding hydrogens is 242 g/mol. The van der Waals surface area contributed by atoms with Gasteiger partial charge in [0.1, 0.15) is 0 Å². The molecular formula is C15H21NOS. The van der Waals surface area contributed by atoms with Gasteiger partial charge in [-0.15, -0.1) is 11.8 Å². The van der Waals surface area contributed by atoms with Gasteiger partial charge in [-0.25, -0.2) is 0 Å².